The minimum atomic E-state index is -2.40. The number of rotatable bonds is 2. The zero-order valence-corrected chi connectivity index (χ0v) is 5.52. The summed E-state index contributed by atoms with van der Waals surface area (Å²) >= 11 is 0. The lowest BCUT2D eigenvalue weighted by Gasteiger charge is -1.91. The highest BCUT2D eigenvalue weighted by atomic mass is 32.2. The van der Waals surface area contributed by atoms with Gasteiger partial charge in [0.05, 0.1) is 0 Å². The van der Waals surface area contributed by atoms with E-state index < -0.39 is 16.0 Å². The zero-order valence-electron chi connectivity index (χ0n) is 4.63. The second-order valence-electron chi connectivity index (χ2n) is 1.38. The van der Waals surface area contributed by atoms with Gasteiger partial charge in [0.1, 0.15) is 5.25 Å². The van der Waals surface area contributed by atoms with Crippen LogP contribution in [-0.2, 0) is 10.7 Å². The molecule has 0 amide bonds. The predicted octanol–water partition coefficient (Wildman–Crippen LogP) is 0.00960. The Balaban J connectivity index is 3.96. The minimum absolute atomic E-state index is 0.509. The Bertz CT molecular complexity index is 156. The van der Waals surface area contributed by atoms with Crippen LogP contribution < -0.4 is 0 Å². The van der Waals surface area contributed by atoms with Crippen LogP contribution in [0.5, 0.6) is 0 Å². The lowest BCUT2D eigenvalue weighted by Crippen LogP contribution is -2.02. The average Bonchev–Trinajstić information content (AvgIpc) is 1.69. The molecule has 0 aliphatic heterocycles. The molecule has 0 aromatic rings. The number of hydrogen-bond donors (Lipinski definition) is 1. The first-order chi connectivity index (χ1) is 3.72. The molecular formula is C5H8O2S. The van der Waals surface area contributed by atoms with Crippen LogP contribution in [0.3, 0.4) is 0 Å². The molecule has 0 rings (SSSR count). The van der Waals surface area contributed by atoms with Crippen molar-refractivity contribution in [2.24, 2.45) is 0 Å². The Hall–Kier alpha value is -0.490. The topological polar surface area (TPSA) is 34.1 Å². The molecular weight excluding hydrogens is 124 g/mol. The van der Waals surface area contributed by atoms with Crippen LogP contribution in [0.15, 0.2) is 0 Å². The smallest absolute Gasteiger partial charge is 0.154 e. The van der Waals surface area contributed by atoms with Gasteiger partial charge in [-0.1, -0.05) is 12.8 Å². The first-order valence-electron chi connectivity index (χ1n) is 2.32. The van der Waals surface area contributed by atoms with E-state index in [1.807, 2.05) is 0 Å². The molecule has 0 radical (unpaired) electrons. The molecule has 1 unspecified atom stereocenters. The Morgan fingerprint density at radius 3 is 2.25 bits per heavy atom. The second kappa shape index (κ2) is 3.50. The normalized spacial score (nSPS) is 13.1. The Kier molecular flexibility index (Phi) is 3.29. The van der Waals surface area contributed by atoms with Crippen molar-refractivity contribution in [2.45, 2.75) is 18.6 Å². The summed E-state index contributed by atoms with van der Waals surface area (Å²) in [5.74, 6) is 2.15. The van der Waals surface area contributed by atoms with E-state index in [1.165, 1.54) is 0 Å². The molecule has 3 heteroatoms. The molecule has 0 fully saturated rings. The number of terminal acetylenes is 1. The maximum absolute atomic E-state index is 10.1. The van der Waals surface area contributed by atoms with Crippen molar-refractivity contribution in [3.05, 3.63) is 0 Å². The fraction of sp³-hybridized carbons (Fsp3) is 0.600. The highest BCUT2D eigenvalue weighted by Crippen LogP contribution is 1.91. The fourth-order valence-electron chi connectivity index (χ4n) is 0.328. The van der Waals surface area contributed by atoms with Gasteiger partial charge in [-0.2, -0.15) is 0 Å². The average molecular weight is 132 g/mol. The molecule has 8 heavy (non-hydrogen) atoms. The third kappa shape index (κ3) is 1.99. The standard InChI is InChI=1S/C5H8O2S/c1-3-5(4-2)8(6)7/h1,5,8H,4H2,2H3. The van der Waals surface area contributed by atoms with Gasteiger partial charge in [0.25, 0.3) is 0 Å². The monoisotopic (exact) mass is 132 g/mol. The van der Waals surface area contributed by atoms with Crippen molar-refractivity contribution in [3.8, 4) is 12.3 Å². The maximum Gasteiger partial charge on any atom is 0.154 e. The summed E-state index contributed by atoms with van der Waals surface area (Å²) < 4.78 is 20.1. The highest BCUT2D eigenvalue weighted by molar-refractivity contribution is 7.73. The second-order valence-corrected chi connectivity index (χ2v) is 2.57. The summed E-state index contributed by atoms with van der Waals surface area (Å²) in [5.41, 5.74) is 0. The summed E-state index contributed by atoms with van der Waals surface area (Å²) in [4.78, 5) is 0. The van der Waals surface area contributed by atoms with Crippen LogP contribution in [0.4, 0.5) is 0 Å². The molecule has 0 aromatic carbocycles. The molecule has 1 atom stereocenters. The first-order valence-corrected chi connectivity index (χ1v) is 3.56. The maximum atomic E-state index is 10.1. The molecule has 0 spiro atoms. The fourth-order valence-corrected chi connectivity index (χ4v) is 0.748. The lowest BCUT2D eigenvalue weighted by atomic mass is 10.3. The van der Waals surface area contributed by atoms with Gasteiger partial charge in [0.15, 0.2) is 10.7 Å². The van der Waals surface area contributed by atoms with Crippen molar-refractivity contribution < 1.29 is 8.42 Å². The van der Waals surface area contributed by atoms with E-state index in [2.05, 4.69) is 5.92 Å². The lowest BCUT2D eigenvalue weighted by molar-refractivity contribution is 0.607. The van der Waals surface area contributed by atoms with Crippen LogP contribution in [0.2, 0.25) is 0 Å². The van der Waals surface area contributed by atoms with Crippen LogP contribution >= 0.6 is 0 Å². The van der Waals surface area contributed by atoms with Gasteiger partial charge in [0, 0.05) is 0 Å². The molecule has 0 aromatic heterocycles. The van der Waals surface area contributed by atoms with Gasteiger partial charge in [-0.05, 0) is 6.42 Å². The van der Waals surface area contributed by atoms with Gasteiger partial charge in [-0.15, -0.1) is 6.42 Å². The van der Waals surface area contributed by atoms with E-state index in [-0.39, 0.29) is 0 Å². The van der Waals surface area contributed by atoms with Crippen LogP contribution in [0.1, 0.15) is 13.3 Å². The Morgan fingerprint density at radius 1 is 1.75 bits per heavy atom. The van der Waals surface area contributed by atoms with E-state index in [0.29, 0.717) is 6.42 Å². The van der Waals surface area contributed by atoms with Crippen molar-refractivity contribution in [1.82, 2.24) is 0 Å². The SMILES string of the molecule is C#CC(CC)[SH](=O)=O. The quantitative estimate of drug-likeness (QED) is 0.424. The molecule has 0 bridgehead atoms. The van der Waals surface area contributed by atoms with E-state index in [4.69, 9.17) is 6.42 Å². The Morgan fingerprint density at radius 2 is 2.25 bits per heavy atom. The van der Waals surface area contributed by atoms with Crippen LogP contribution in [-0.4, -0.2) is 13.7 Å². The summed E-state index contributed by atoms with van der Waals surface area (Å²) in [6.07, 6.45) is 5.36. The Labute approximate surface area is 50.9 Å². The van der Waals surface area contributed by atoms with Crippen LogP contribution in [0.25, 0.3) is 0 Å². The van der Waals surface area contributed by atoms with Crippen molar-refractivity contribution >= 4 is 10.7 Å². The number of hydrogen-bond acceptors (Lipinski definition) is 2. The molecule has 0 aliphatic carbocycles. The number of thiol groups is 1. The molecule has 0 saturated heterocycles. The molecule has 0 N–H and O–H groups in total. The minimum Gasteiger partial charge on any atom is -0.231 e. The third-order valence-corrected chi connectivity index (χ3v) is 1.86. The van der Waals surface area contributed by atoms with E-state index in [0.717, 1.165) is 0 Å². The van der Waals surface area contributed by atoms with Crippen molar-refractivity contribution in [1.29, 1.82) is 0 Å². The van der Waals surface area contributed by atoms with Gasteiger partial charge in [-0.3, -0.25) is 0 Å². The largest absolute Gasteiger partial charge is 0.231 e. The predicted molar refractivity (Wildman–Crippen MR) is 33.2 cm³/mol. The van der Waals surface area contributed by atoms with Gasteiger partial charge in [-0.25, -0.2) is 8.42 Å². The summed E-state index contributed by atoms with van der Waals surface area (Å²) in [5, 5.41) is -0.565. The summed E-state index contributed by atoms with van der Waals surface area (Å²) in [6, 6.07) is 0. The van der Waals surface area contributed by atoms with E-state index >= 15 is 0 Å². The van der Waals surface area contributed by atoms with Gasteiger partial charge in [0.2, 0.25) is 0 Å². The molecule has 0 aliphatic rings. The highest BCUT2D eigenvalue weighted by Gasteiger charge is 2.00. The van der Waals surface area contributed by atoms with Crippen molar-refractivity contribution in [2.75, 3.05) is 0 Å². The van der Waals surface area contributed by atoms with E-state index in [1.54, 1.807) is 6.92 Å². The molecule has 46 valence electrons. The summed E-state index contributed by atoms with van der Waals surface area (Å²) in [7, 11) is -2.40. The zero-order chi connectivity index (χ0) is 6.57. The van der Waals surface area contributed by atoms with Crippen molar-refractivity contribution in [3.63, 3.8) is 0 Å². The third-order valence-electron chi connectivity index (χ3n) is 0.834. The molecule has 0 saturated carbocycles. The molecule has 0 heterocycles. The first kappa shape index (κ1) is 7.51. The molecule has 2 nitrogen and oxygen atoms in total. The van der Waals surface area contributed by atoms with Gasteiger partial charge < -0.3 is 0 Å². The van der Waals surface area contributed by atoms with Gasteiger partial charge >= 0.3 is 0 Å². The van der Waals surface area contributed by atoms with E-state index in [9.17, 15) is 8.42 Å². The van der Waals surface area contributed by atoms with Crippen LogP contribution in [0, 0.1) is 12.3 Å². The summed E-state index contributed by atoms with van der Waals surface area (Å²) in [6.45, 7) is 1.75.